The number of hydrogen-bond donors (Lipinski definition) is 0. The van der Waals surface area contributed by atoms with Crippen LogP contribution in [0.5, 0.6) is 0 Å². The first-order valence-corrected chi connectivity index (χ1v) is 9.74. The summed E-state index contributed by atoms with van der Waals surface area (Å²) in [5.41, 5.74) is 0.947. The maximum Gasteiger partial charge on any atom is 0.410 e. The zero-order chi connectivity index (χ0) is 20.5. The highest BCUT2D eigenvalue weighted by Gasteiger charge is 2.37. The van der Waals surface area contributed by atoms with E-state index >= 15 is 0 Å². The molecule has 1 saturated heterocycles. The second-order valence-corrected chi connectivity index (χ2v) is 8.43. The number of likely N-dealkylation sites (tertiary alicyclic amines) is 1. The van der Waals surface area contributed by atoms with Crippen LogP contribution in [0.4, 0.5) is 4.79 Å². The highest BCUT2D eigenvalue weighted by Crippen LogP contribution is 2.36. The van der Waals surface area contributed by atoms with Crippen LogP contribution < -0.4 is 5.56 Å². The van der Waals surface area contributed by atoms with E-state index in [1.54, 1.807) is 22.5 Å². The van der Waals surface area contributed by atoms with Gasteiger partial charge >= 0.3 is 12.1 Å². The van der Waals surface area contributed by atoms with E-state index in [0.717, 1.165) is 12.1 Å². The standard InChI is InChI=1S/C21H28N2O5/c1-5-27-19(25)7-6-14-9-17-16-8-15(12-23(17)18(24)10-14)11-22(13-16)20(26)28-21(2,3)4/h6-7,9-10,15-16H,5,8,11-13H2,1-4H3/b7-6+/t15?,16-/m0/s1. The number of carbonyl (C=O) groups is 2. The van der Waals surface area contributed by atoms with Crippen molar-refractivity contribution >= 4 is 18.1 Å². The molecule has 1 fully saturated rings. The van der Waals surface area contributed by atoms with Crippen molar-refractivity contribution in [3.63, 3.8) is 0 Å². The molecule has 0 spiro atoms. The highest BCUT2D eigenvalue weighted by atomic mass is 16.6. The number of hydrogen-bond acceptors (Lipinski definition) is 5. The molecule has 0 saturated carbocycles. The molecule has 1 aromatic heterocycles. The summed E-state index contributed by atoms with van der Waals surface area (Å²) >= 11 is 0. The Kier molecular flexibility index (Phi) is 5.63. The Bertz CT molecular complexity index is 849. The lowest BCUT2D eigenvalue weighted by Crippen LogP contribution is -2.50. The average Bonchev–Trinajstić information content (AvgIpc) is 2.59. The van der Waals surface area contributed by atoms with Gasteiger partial charge in [-0.2, -0.15) is 0 Å². The summed E-state index contributed by atoms with van der Waals surface area (Å²) in [6.07, 6.45) is 3.55. The van der Waals surface area contributed by atoms with Crippen molar-refractivity contribution in [1.82, 2.24) is 9.47 Å². The monoisotopic (exact) mass is 388 g/mol. The van der Waals surface area contributed by atoms with Gasteiger partial charge < -0.3 is 18.9 Å². The van der Waals surface area contributed by atoms with Gasteiger partial charge in [-0.15, -0.1) is 0 Å². The van der Waals surface area contributed by atoms with Crippen LogP contribution in [0.1, 0.15) is 51.3 Å². The minimum absolute atomic E-state index is 0.0728. The Labute approximate surface area is 164 Å². The molecule has 0 aromatic carbocycles. The first-order chi connectivity index (χ1) is 13.2. The Morgan fingerprint density at radius 3 is 2.64 bits per heavy atom. The van der Waals surface area contributed by atoms with Crippen LogP contribution in [-0.4, -0.2) is 46.8 Å². The van der Waals surface area contributed by atoms with Crippen LogP contribution in [0, 0.1) is 5.92 Å². The third kappa shape index (κ3) is 4.64. The van der Waals surface area contributed by atoms with E-state index in [4.69, 9.17) is 9.47 Å². The van der Waals surface area contributed by atoms with E-state index in [9.17, 15) is 14.4 Å². The molecule has 3 heterocycles. The number of fused-ring (bicyclic) bond motifs is 4. The number of piperidine rings is 1. The number of esters is 1. The molecular weight excluding hydrogens is 360 g/mol. The summed E-state index contributed by atoms with van der Waals surface area (Å²) in [7, 11) is 0. The van der Waals surface area contributed by atoms with E-state index in [1.807, 2.05) is 26.8 Å². The fourth-order valence-electron chi connectivity index (χ4n) is 3.91. The molecule has 2 aliphatic heterocycles. The summed E-state index contributed by atoms with van der Waals surface area (Å²) in [6.45, 7) is 9.32. The molecular formula is C21H28N2O5. The zero-order valence-electron chi connectivity index (χ0n) is 16.9. The lowest BCUT2D eigenvalue weighted by atomic mass is 9.83. The molecule has 2 atom stereocenters. The molecule has 3 rings (SSSR count). The lowest BCUT2D eigenvalue weighted by molar-refractivity contribution is -0.137. The Balaban J connectivity index is 1.83. The first-order valence-electron chi connectivity index (χ1n) is 9.74. The quantitative estimate of drug-likeness (QED) is 0.588. The van der Waals surface area contributed by atoms with E-state index in [1.165, 1.54) is 12.1 Å². The third-order valence-electron chi connectivity index (χ3n) is 4.93. The zero-order valence-corrected chi connectivity index (χ0v) is 16.9. The van der Waals surface area contributed by atoms with Gasteiger partial charge in [-0.25, -0.2) is 9.59 Å². The average molecular weight is 388 g/mol. The van der Waals surface area contributed by atoms with Crippen LogP contribution in [0.2, 0.25) is 0 Å². The predicted octanol–water partition coefficient (Wildman–Crippen LogP) is 2.78. The maximum atomic E-state index is 12.6. The Morgan fingerprint density at radius 2 is 1.96 bits per heavy atom. The molecule has 152 valence electrons. The van der Waals surface area contributed by atoms with Gasteiger partial charge in [-0.05, 0) is 57.7 Å². The van der Waals surface area contributed by atoms with Gasteiger partial charge in [0.2, 0.25) is 0 Å². The second kappa shape index (κ2) is 7.81. The topological polar surface area (TPSA) is 77.8 Å². The van der Waals surface area contributed by atoms with Gasteiger partial charge in [0, 0.05) is 43.4 Å². The van der Waals surface area contributed by atoms with Crippen LogP contribution >= 0.6 is 0 Å². The van der Waals surface area contributed by atoms with Crippen LogP contribution in [0.15, 0.2) is 23.0 Å². The van der Waals surface area contributed by atoms with E-state index < -0.39 is 11.6 Å². The van der Waals surface area contributed by atoms with Crippen LogP contribution in [-0.2, 0) is 20.8 Å². The lowest BCUT2D eigenvalue weighted by Gasteiger charge is -2.43. The Hall–Kier alpha value is -2.57. The molecule has 0 N–H and O–H groups in total. The van der Waals surface area contributed by atoms with Gasteiger partial charge in [-0.3, -0.25) is 4.79 Å². The summed E-state index contributed by atoms with van der Waals surface area (Å²) < 4.78 is 12.2. The van der Waals surface area contributed by atoms with Crippen molar-refractivity contribution in [2.75, 3.05) is 19.7 Å². The fourth-order valence-corrected chi connectivity index (χ4v) is 3.91. The largest absolute Gasteiger partial charge is 0.463 e. The molecule has 0 aliphatic carbocycles. The fraction of sp³-hybridized carbons (Fsp3) is 0.571. The van der Waals surface area contributed by atoms with Crippen molar-refractivity contribution < 1.29 is 19.1 Å². The van der Waals surface area contributed by atoms with Crippen LogP contribution in [0.25, 0.3) is 6.08 Å². The molecule has 7 nitrogen and oxygen atoms in total. The van der Waals surface area contributed by atoms with Crippen molar-refractivity contribution in [1.29, 1.82) is 0 Å². The van der Waals surface area contributed by atoms with Gasteiger partial charge in [0.15, 0.2) is 0 Å². The van der Waals surface area contributed by atoms with Crippen molar-refractivity contribution in [3.8, 4) is 0 Å². The van der Waals surface area contributed by atoms with Gasteiger partial charge in [0.05, 0.1) is 6.61 Å². The number of nitrogens with zero attached hydrogens (tertiary/aromatic N) is 2. The summed E-state index contributed by atoms with van der Waals surface area (Å²) in [5.74, 6) is -0.129. The minimum atomic E-state index is -0.538. The molecule has 1 amide bonds. The van der Waals surface area contributed by atoms with Crippen molar-refractivity contribution in [2.45, 2.75) is 52.2 Å². The predicted molar refractivity (Wildman–Crippen MR) is 105 cm³/mol. The first kappa shape index (κ1) is 20.2. The summed E-state index contributed by atoms with van der Waals surface area (Å²) in [6, 6.07) is 3.46. The number of carbonyl (C=O) groups excluding carboxylic acids is 2. The van der Waals surface area contributed by atoms with E-state index in [2.05, 4.69) is 0 Å². The second-order valence-electron chi connectivity index (χ2n) is 8.43. The summed E-state index contributed by atoms with van der Waals surface area (Å²) in [5, 5.41) is 0. The highest BCUT2D eigenvalue weighted by molar-refractivity contribution is 5.87. The molecule has 28 heavy (non-hydrogen) atoms. The van der Waals surface area contributed by atoms with Gasteiger partial charge in [0.25, 0.3) is 5.56 Å². The van der Waals surface area contributed by atoms with E-state index in [0.29, 0.717) is 31.8 Å². The van der Waals surface area contributed by atoms with Gasteiger partial charge in [0.1, 0.15) is 5.60 Å². The van der Waals surface area contributed by atoms with Gasteiger partial charge in [-0.1, -0.05) is 0 Å². The normalized spacial score (nSPS) is 21.4. The number of pyridine rings is 1. The molecule has 7 heteroatoms. The SMILES string of the molecule is CCOC(=O)/C=C/c1cc2n(c(=O)c1)CC1C[C@H]2CN(C(=O)OC(C)(C)C)C1. The Morgan fingerprint density at radius 1 is 1.21 bits per heavy atom. The minimum Gasteiger partial charge on any atom is -0.463 e. The number of rotatable bonds is 3. The molecule has 2 aliphatic rings. The number of aromatic nitrogens is 1. The molecule has 1 aromatic rings. The maximum absolute atomic E-state index is 12.6. The summed E-state index contributed by atoms with van der Waals surface area (Å²) in [4.78, 5) is 38.4. The van der Waals surface area contributed by atoms with E-state index in [-0.39, 0.29) is 23.5 Å². The molecule has 1 unspecified atom stereocenters. The smallest absolute Gasteiger partial charge is 0.410 e. The number of ether oxygens (including phenoxy) is 2. The molecule has 2 bridgehead atoms. The van der Waals surface area contributed by atoms with Crippen molar-refractivity contribution in [2.24, 2.45) is 5.92 Å². The molecule has 0 radical (unpaired) electrons. The van der Waals surface area contributed by atoms with Crippen LogP contribution in [0.3, 0.4) is 0 Å². The third-order valence-corrected chi connectivity index (χ3v) is 4.93. The number of amides is 1. The van der Waals surface area contributed by atoms with Crippen molar-refractivity contribution in [3.05, 3.63) is 39.8 Å².